The summed E-state index contributed by atoms with van der Waals surface area (Å²) in [4.78, 5) is 27.8. The van der Waals surface area contributed by atoms with E-state index in [1.807, 2.05) is 32.0 Å². The second kappa shape index (κ2) is 10.8. The molecule has 3 aliphatic heterocycles. The van der Waals surface area contributed by atoms with E-state index in [0.29, 0.717) is 19.7 Å². The maximum Gasteiger partial charge on any atom is 0.237 e. The number of rotatable bonds is 8. The van der Waals surface area contributed by atoms with Crippen molar-refractivity contribution < 1.29 is 14.3 Å². The van der Waals surface area contributed by atoms with Gasteiger partial charge in [-0.25, -0.2) is 0 Å². The summed E-state index contributed by atoms with van der Waals surface area (Å²) >= 11 is 1.58. The van der Waals surface area contributed by atoms with Crippen molar-refractivity contribution in [3.8, 4) is 0 Å². The van der Waals surface area contributed by atoms with Crippen molar-refractivity contribution in [3.63, 3.8) is 0 Å². The molecule has 0 bridgehead atoms. The quantitative estimate of drug-likeness (QED) is 0.518. The molecule has 3 N–H and O–H groups in total. The number of nitrogens with one attached hydrogen (secondary N) is 3. The van der Waals surface area contributed by atoms with Crippen LogP contribution in [-0.2, 0) is 14.3 Å². The van der Waals surface area contributed by atoms with Gasteiger partial charge in [0.1, 0.15) is 11.5 Å². The van der Waals surface area contributed by atoms with Crippen molar-refractivity contribution >= 4 is 29.1 Å². The molecule has 7 nitrogen and oxygen atoms in total. The van der Waals surface area contributed by atoms with Crippen LogP contribution in [-0.4, -0.2) is 66.6 Å². The van der Waals surface area contributed by atoms with E-state index in [2.05, 4.69) is 38.4 Å². The fraction of sp³-hybridized carbons (Fsp3) is 0.583. The lowest BCUT2D eigenvalue weighted by Gasteiger charge is -2.43. The van der Waals surface area contributed by atoms with Crippen molar-refractivity contribution in [1.29, 1.82) is 0 Å². The van der Waals surface area contributed by atoms with Crippen molar-refractivity contribution in [1.82, 2.24) is 20.9 Å². The second-order valence-electron chi connectivity index (χ2n) is 8.95. The number of benzene rings is 1. The molecule has 0 radical (unpaired) electrons. The van der Waals surface area contributed by atoms with Crippen LogP contribution in [0.25, 0.3) is 5.57 Å². The number of piperidine rings is 1. The summed E-state index contributed by atoms with van der Waals surface area (Å²) in [6.45, 7) is 6.81. The summed E-state index contributed by atoms with van der Waals surface area (Å²) in [5.41, 5.74) is 2.31. The lowest BCUT2D eigenvalue weighted by Crippen LogP contribution is -2.69. The first-order chi connectivity index (χ1) is 15.5. The van der Waals surface area contributed by atoms with Gasteiger partial charge in [0.2, 0.25) is 11.8 Å². The standard InChI is InChI=1S/C24H34N4O3S/c1-16(2)31-13-7-11-25-22(29)18-10-6-12-28(14-18)24-26-20-19(17-8-4-3-5-9-17)15-32-21(20)23(30)27-24/h3-5,8-9,15-16,18,20-21,24,26H,6-7,10-14H2,1-2H3,(H,25,29)(H,27,30). The summed E-state index contributed by atoms with van der Waals surface area (Å²) in [5.74, 6) is 0.0940. The Bertz CT molecular complexity index is 832. The van der Waals surface area contributed by atoms with E-state index < -0.39 is 0 Å². The first kappa shape index (κ1) is 23.3. The smallest absolute Gasteiger partial charge is 0.237 e. The summed E-state index contributed by atoms with van der Waals surface area (Å²) < 4.78 is 5.54. The largest absolute Gasteiger partial charge is 0.379 e. The molecular weight excluding hydrogens is 424 g/mol. The molecule has 3 heterocycles. The van der Waals surface area contributed by atoms with Gasteiger partial charge in [-0.3, -0.25) is 19.8 Å². The van der Waals surface area contributed by atoms with Gasteiger partial charge in [0.15, 0.2) is 0 Å². The summed E-state index contributed by atoms with van der Waals surface area (Å²) in [6, 6.07) is 10.2. The van der Waals surface area contributed by atoms with Crippen LogP contribution in [0.3, 0.4) is 0 Å². The van der Waals surface area contributed by atoms with Crippen molar-refractivity contribution in [2.75, 3.05) is 26.2 Å². The minimum Gasteiger partial charge on any atom is -0.379 e. The number of nitrogens with zero attached hydrogens (tertiary/aromatic N) is 1. The van der Waals surface area contributed by atoms with E-state index in [9.17, 15) is 9.59 Å². The summed E-state index contributed by atoms with van der Waals surface area (Å²) in [6.07, 6.45) is 2.58. The zero-order valence-corrected chi connectivity index (χ0v) is 19.7. The molecule has 0 aromatic heterocycles. The molecule has 4 atom stereocenters. The number of thioether (sulfide) groups is 1. The molecule has 2 amide bonds. The van der Waals surface area contributed by atoms with Crippen LogP contribution in [0.5, 0.6) is 0 Å². The molecule has 174 valence electrons. The Balaban J connectivity index is 1.33. The number of likely N-dealkylation sites (tertiary alicyclic amines) is 1. The molecule has 1 aromatic carbocycles. The first-order valence-electron chi connectivity index (χ1n) is 11.6. The van der Waals surface area contributed by atoms with Gasteiger partial charge in [-0.05, 0) is 49.7 Å². The van der Waals surface area contributed by atoms with E-state index in [-0.39, 0.29) is 41.4 Å². The number of fused-ring (bicyclic) bond motifs is 1. The Morgan fingerprint density at radius 1 is 1.31 bits per heavy atom. The fourth-order valence-electron chi connectivity index (χ4n) is 4.56. The maximum absolute atomic E-state index is 12.8. The van der Waals surface area contributed by atoms with Gasteiger partial charge in [0, 0.05) is 26.2 Å². The Morgan fingerprint density at radius 2 is 2.12 bits per heavy atom. The van der Waals surface area contributed by atoms with Crippen molar-refractivity contribution in [3.05, 3.63) is 41.3 Å². The Hall–Kier alpha value is -1.87. The molecule has 3 aliphatic rings. The number of amides is 2. The predicted octanol–water partition coefficient (Wildman–Crippen LogP) is 2.16. The Kier molecular flexibility index (Phi) is 7.88. The van der Waals surface area contributed by atoms with Crippen LogP contribution in [0.4, 0.5) is 0 Å². The Labute approximate surface area is 194 Å². The lowest BCUT2D eigenvalue weighted by molar-refractivity contribution is -0.129. The van der Waals surface area contributed by atoms with Gasteiger partial charge in [0.25, 0.3) is 0 Å². The number of carbonyl (C=O) groups is 2. The highest BCUT2D eigenvalue weighted by Crippen LogP contribution is 2.38. The lowest BCUT2D eigenvalue weighted by atomic mass is 9.94. The van der Waals surface area contributed by atoms with Crippen molar-refractivity contribution in [2.24, 2.45) is 5.92 Å². The van der Waals surface area contributed by atoms with Crippen LogP contribution >= 0.6 is 11.8 Å². The van der Waals surface area contributed by atoms with Crippen LogP contribution in [0.15, 0.2) is 35.7 Å². The van der Waals surface area contributed by atoms with E-state index in [0.717, 1.165) is 36.9 Å². The summed E-state index contributed by atoms with van der Waals surface area (Å²) in [5, 5.41) is 11.8. The molecule has 0 aliphatic carbocycles. The van der Waals surface area contributed by atoms with Gasteiger partial charge in [-0.2, -0.15) is 0 Å². The van der Waals surface area contributed by atoms with Gasteiger partial charge >= 0.3 is 0 Å². The molecule has 1 aromatic rings. The molecule has 4 unspecified atom stereocenters. The minimum atomic E-state index is -0.260. The van der Waals surface area contributed by atoms with E-state index in [4.69, 9.17) is 4.74 Å². The fourth-order valence-corrected chi connectivity index (χ4v) is 5.71. The predicted molar refractivity (Wildman–Crippen MR) is 128 cm³/mol. The van der Waals surface area contributed by atoms with Crippen molar-refractivity contribution in [2.45, 2.75) is 56.8 Å². The zero-order chi connectivity index (χ0) is 22.5. The third-order valence-corrected chi connectivity index (χ3v) is 7.39. The van der Waals surface area contributed by atoms with Gasteiger partial charge < -0.3 is 15.4 Å². The monoisotopic (exact) mass is 458 g/mol. The average Bonchev–Trinajstić information content (AvgIpc) is 3.24. The van der Waals surface area contributed by atoms with Gasteiger partial charge in [0.05, 0.1) is 18.1 Å². The average molecular weight is 459 g/mol. The first-order valence-corrected chi connectivity index (χ1v) is 12.6. The maximum atomic E-state index is 12.8. The molecule has 4 rings (SSSR count). The molecule has 8 heteroatoms. The number of ether oxygens (including phenoxy) is 1. The SMILES string of the molecule is CC(C)OCCCNC(=O)C1CCCN(C2NC(=O)C3SC=C(c4ccccc4)C3N2)C1. The third kappa shape index (κ3) is 5.54. The van der Waals surface area contributed by atoms with Crippen LogP contribution in [0.1, 0.15) is 38.7 Å². The molecule has 0 spiro atoms. The molecule has 2 fully saturated rings. The number of hydrogen-bond donors (Lipinski definition) is 3. The second-order valence-corrected chi connectivity index (χ2v) is 9.97. The number of carbonyl (C=O) groups excluding carboxylic acids is 2. The normalized spacial score (nSPS) is 28.2. The molecule has 32 heavy (non-hydrogen) atoms. The molecule has 0 saturated carbocycles. The highest BCUT2D eigenvalue weighted by atomic mass is 32.2. The third-order valence-electron chi connectivity index (χ3n) is 6.22. The molecular formula is C24H34N4O3S. The van der Waals surface area contributed by atoms with E-state index in [1.54, 1.807) is 11.8 Å². The zero-order valence-electron chi connectivity index (χ0n) is 18.9. The number of hydrogen-bond acceptors (Lipinski definition) is 6. The van der Waals surface area contributed by atoms with Crippen LogP contribution < -0.4 is 16.0 Å². The minimum absolute atomic E-state index is 0.0312. The Morgan fingerprint density at radius 3 is 2.91 bits per heavy atom. The van der Waals surface area contributed by atoms with E-state index >= 15 is 0 Å². The summed E-state index contributed by atoms with van der Waals surface area (Å²) in [7, 11) is 0. The van der Waals surface area contributed by atoms with Crippen LogP contribution in [0.2, 0.25) is 0 Å². The molecule has 2 saturated heterocycles. The van der Waals surface area contributed by atoms with Gasteiger partial charge in [-0.15, -0.1) is 11.8 Å². The van der Waals surface area contributed by atoms with Crippen LogP contribution in [0, 0.1) is 5.92 Å². The highest BCUT2D eigenvalue weighted by molar-refractivity contribution is 8.04. The van der Waals surface area contributed by atoms with Gasteiger partial charge in [-0.1, -0.05) is 30.3 Å². The van der Waals surface area contributed by atoms with E-state index in [1.165, 1.54) is 0 Å². The highest BCUT2D eigenvalue weighted by Gasteiger charge is 2.44. The topological polar surface area (TPSA) is 82.7 Å².